The van der Waals surface area contributed by atoms with E-state index in [4.69, 9.17) is 10.5 Å². The first-order valence-electron chi connectivity index (χ1n) is 10.8. The molecule has 12 nitrogen and oxygen atoms in total. The largest absolute Gasteiger partial charge is 0.507 e. The van der Waals surface area contributed by atoms with E-state index in [0.717, 1.165) is 0 Å². The van der Waals surface area contributed by atoms with Gasteiger partial charge in [0, 0.05) is 33.7 Å². The van der Waals surface area contributed by atoms with Crippen molar-refractivity contribution in [2.45, 2.75) is 37.7 Å². The van der Waals surface area contributed by atoms with Crippen molar-refractivity contribution in [1.29, 1.82) is 0 Å². The molecule has 1 fully saturated rings. The Morgan fingerprint density at radius 1 is 1.32 bits per heavy atom. The second-order valence-corrected chi connectivity index (χ2v) is 9.17. The first kappa shape index (κ1) is 27.4. The van der Waals surface area contributed by atoms with Crippen molar-refractivity contribution >= 4 is 24.9 Å². The molecule has 0 radical (unpaired) electrons. The van der Waals surface area contributed by atoms with Gasteiger partial charge in [0.15, 0.2) is 0 Å². The van der Waals surface area contributed by atoms with Gasteiger partial charge in [-0.15, -0.1) is 0 Å². The van der Waals surface area contributed by atoms with Gasteiger partial charge in [-0.3, -0.25) is 14.5 Å². The lowest BCUT2D eigenvalue weighted by atomic mass is 9.71. The maximum absolute atomic E-state index is 12.4. The van der Waals surface area contributed by atoms with Crippen molar-refractivity contribution in [1.82, 2.24) is 15.1 Å². The molecule has 7 N–H and O–H groups in total. The molecule has 1 heterocycles. The van der Waals surface area contributed by atoms with Crippen LogP contribution in [0, 0.1) is 0 Å². The number of likely N-dealkylation sites (N-methyl/N-ethyl adjacent to an activating group) is 1. The van der Waals surface area contributed by atoms with E-state index in [0.29, 0.717) is 13.1 Å². The lowest BCUT2D eigenvalue weighted by molar-refractivity contribution is -0.133. The number of hydrogen-bond donors (Lipinski definition) is 6. The molecular formula is C21H33BN4O8. The Morgan fingerprint density at radius 2 is 1.94 bits per heavy atom. The fourth-order valence-corrected chi connectivity index (χ4v) is 3.50. The third-order valence-corrected chi connectivity index (χ3v) is 5.68. The normalized spacial score (nSPS) is 16.7. The molecule has 1 aromatic carbocycles. The van der Waals surface area contributed by atoms with Crippen molar-refractivity contribution < 1.29 is 39.4 Å². The number of rotatable bonds is 11. The molecular weight excluding hydrogens is 447 g/mol. The first-order chi connectivity index (χ1) is 15.7. The smallest absolute Gasteiger partial charge is 0.454 e. The molecule has 2 rings (SSSR count). The lowest BCUT2D eigenvalue weighted by Gasteiger charge is -2.42. The summed E-state index contributed by atoms with van der Waals surface area (Å²) < 4.78 is 5.77. The number of hydrogen-bond acceptors (Lipinski definition) is 9. The third kappa shape index (κ3) is 6.82. The zero-order valence-corrected chi connectivity index (χ0v) is 19.8. The molecule has 1 saturated heterocycles. The number of carboxylic acids is 1. The molecule has 188 valence electrons. The molecule has 34 heavy (non-hydrogen) atoms. The van der Waals surface area contributed by atoms with E-state index in [9.17, 15) is 34.6 Å². The number of aromatic hydroxyl groups is 1. The van der Waals surface area contributed by atoms with Crippen molar-refractivity contribution in [2.75, 3.05) is 40.3 Å². The minimum Gasteiger partial charge on any atom is -0.507 e. The summed E-state index contributed by atoms with van der Waals surface area (Å²) in [7, 11) is 1.56. The SMILES string of the molecule is C[C@@H](Cc1ccc(OC2CN(C[C@@](C)(N)C(=O)NCC(=O)N(C)C)C2)c(C(=O)O)c1O)B(O)O. The highest BCUT2D eigenvalue weighted by molar-refractivity contribution is 6.43. The van der Waals surface area contributed by atoms with Crippen LogP contribution in [0.3, 0.4) is 0 Å². The fourth-order valence-electron chi connectivity index (χ4n) is 3.50. The number of nitrogens with two attached hydrogens (primary N) is 1. The van der Waals surface area contributed by atoms with E-state index in [1.165, 1.54) is 17.0 Å². The monoisotopic (exact) mass is 480 g/mol. The summed E-state index contributed by atoms with van der Waals surface area (Å²) >= 11 is 0. The highest BCUT2D eigenvalue weighted by Crippen LogP contribution is 2.35. The second kappa shape index (κ2) is 11.0. The summed E-state index contributed by atoms with van der Waals surface area (Å²) in [5, 5.41) is 41.1. The number of phenols is 1. The van der Waals surface area contributed by atoms with Gasteiger partial charge in [0.2, 0.25) is 11.8 Å². The zero-order valence-electron chi connectivity index (χ0n) is 19.8. The van der Waals surface area contributed by atoms with Gasteiger partial charge in [-0.2, -0.15) is 0 Å². The molecule has 0 spiro atoms. The number of amides is 2. The molecule has 13 heteroatoms. The van der Waals surface area contributed by atoms with Gasteiger partial charge >= 0.3 is 13.1 Å². The number of likely N-dealkylation sites (tertiary alicyclic amines) is 1. The molecule has 0 bridgehead atoms. The average Bonchev–Trinajstić information content (AvgIpc) is 2.71. The number of nitrogens with zero attached hydrogens (tertiary/aromatic N) is 2. The molecule has 2 atom stereocenters. The van der Waals surface area contributed by atoms with Crippen molar-refractivity contribution in [3.8, 4) is 11.5 Å². The van der Waals surface area contributed by atoms with E-state index in [1.807, 2.05) is 4.90 Å². The maximum atomic E-state index is 12.4. The van der Waals surface area contributed by atoms with Crippen LogP contribution in [0.2, 0.25) is 5.82 Å². The van der Waals surface area contributed by atoms with Crippen LogP contribution in [0.4, 0.5) is 0 Å². The number of nitrogens with one attached hydrogen (secondary N) is 1. The zero-order chi connectivity index (χ0) is 25.8. The first-order valence-corrected chi connectivity index (χ1v) is 10.8. The summed E-state index contributed by atoms with van der Waals surface area (Å²) in [6, 6.07) is 2.92. The van der Waals surface area contributed by atoms with Gasteiger partial charge in [0.25, 0.3) is 0 Å². The highest BCUT2D eigenvalue weighted by Gasteiger charge is 2.38. The molecule has 0 saturated carbocycles. The number of carbonyl (C=O) groups is 3. The Labute approximate surface area is 198 Å². The van der Waals surface area contributed by atoms with E-state index in [1.54, 1.807) is 27.9 Å². The highest BCUT2D eigenvalue weighted by atomic mass is 16.5. The molecule has 0 aliphatic carbocycles. The van der Waals surface area contributed by atoms with Gasteiger partial charge in [0.1, 0.15) is 28.7 Å². The average molecular weight is 480 g/mol. The summed E-state index contributed by atoms with van der Waals surface area (Å²) in [5.74, 6) is -3.20. The summed E-state index contributed by atoms with van der Waals surface area (Å²) in [5.41, 5.74) is 4.74. The molecule has 1 aliphatic rings. The van der Waals surface area contributed by atoms with Crippen molar-refractivity contribution in [3.63, 3.8) is 0 Å². The number of ether oxygens (including phenoxy) is 1. The quantitative estimate of drug-likeness (QED) is 0.203. The van der Waals surface area contributed by atoms with Crippen LogP contribution in [0.1, 0.15) is 29.8 Å². The molecule has 1 aliphatic heterocycles. The maximum Gasteiger partial charge on any atom is 0.454 e. The number of aromatic carboxylic acids is 1. The Kier molecular flexibility index (Phi) is 8.89. The molecule has 0 aromatic heterocycles. The van der Waals surface area contributed by atoms with Gasteiger partial charge in [-0.25, -0.2) is 4.79 Å². The number of carboxylic acid groups (broad SMARTS) is 1. The third-order valence-electron chi connectivity index (χ3n) is 5.68. The van der Waals surface area contributed by atoms with E-state index in [-0.39, 0.29) is 42.8 Å². The van der Waals surface area contributed by atoms with Crippen LogP contribution < -0.4 is 15.8 Å². The minimum absolute atomic E-state index is 0.00829. The molecule has 0 unspecified atom stereocenters. The van der Waals surface area contributed by atoms with E-state index in [2.05, 4.69) is 5.32 Å². The Balaban J connectivity index is 1.96. The fraction of sp³-hybridized carbons (Fsp3) is 0.571. The van der Waals surface area contributed by atoms with Crippen LogP contribution >= 0.6 is 0 Å². The van der Waals surface area contributed by atoms with Gasteiger partial charge < -0.3 is 40.9 Å². The summed E-state index contributed by atoms with van der Waals surface area (Å²) in [4.78, 5) is 39.0. The van der Waals surface area contributed by atoms with Crippen molar-refractivity contribution in [3.05, 3.63) is 23.3 Å². The Morgan fingerprint density at radius 3 is 2.47 bits per heavy atom. The number of carbonyl (C=O) groups excluding carboxylic acids is 2. The topological polar surface area (TPSA) is 186 Å². The summed E-state index contributed by atoms with van der Waals surface area (Å²) in [6.45, 7) is 3.92. The van der Waals surface area contributed by atoms with Crippen LogP contribution in [-0.2, 0) is 16.0 Å². The molecule has 2 amide bonds. The lowest BCUT2D eigenvalue weighted by Crippen LogP contribution is -2.64. The van der Waals surface area contributed by atoms with Crippen LogP contribution in [0.15, 0.2) is 12.1 Å². The predicted molar refractivity (Wildman–Crippen MR) is 124 cm³/mol. The minimum atomic E-state index is -1.60. The van der Waals surface area contributed by atoms with E-state index < -0.39 is 41.7 Å². The van der Waals surface area contributed by atoms with Gasteiger partial charge in [-0.05, 0) is 30.8 Å². The summed E-state index contributed by atoms with van der Waals surface area (Å²) in [6.07, 6.45) is -0.311. The van der Waals surface area contributed by atoms with Crippen molar-refractivity contribution in [2.24, 2.45) is 5.73 Å². The predicted octanol–water partition coefficient (Wildman–Crippen LogP) is -1.52. The standard InChI is InChI=1S/C21H33BN4O8/c1-12(22(32)33)7-13-5-6-15(17(18(13)28)19(29)30)34-14-9-26(10-14)11-21(2,23)20(31)24-8-16(27)25(3)4/h5-6,12,14,28,32-33H,7-11,23H2,1-4H3,(H,24,31)(H,29,30)/t12-,21+/m0/s1. The Hall–Kier alpha value is -2.87. The number of benzene rings is 1. The second-order valence-electron chi connectivity index (χ2n) is 9.17. The van der Waals surface area contributed by atoms with Gasteiger partial charge in [0.05, 0.1) is 6.54 Å². The molecule has 1 aromatic rings. The Bertz CT molecular complexity index is 918. The van der Waals surface area contributed by atoms with Gasteiger partial charge in [-0.1, -0.05) is 13.0 Å². The van der Waals surface area contributed by atoms with Crippen LogP contribution in [0.25, 0.3) is 0 Å². The van der Waals surface area contributed by atoms with E-state index >= 15 is 0 Å². The van der Waals surface area contributed by atoms with Crippen LogP contribution in [-0.4, -0.2) is 107 Å². The van der Waals surface area contributed by atoms with Crippen LogP contribution in [0.5, 0.6) is 11.5 Å².